The lowest BCUT2D eigenvalue weighted by Crippen LogP contribution is -2.41. The summed E-state index contributed by atoms with van der Waals surface area (Å²) < 4.78 is 5.27. The minimum absolute atomic E-state index is 0.0223. The van der Waals surface area contributed by atoms with E-state index in [0.717, 1.165) is 5.56 Å². The van der Waals surface area contributed by atoms with Crippen LogP contribution < -0.4 is 10.1 Å². The highest BCUT2D eigenvalue weighted by molar-refractivity contribution is 6.31. The van der Waals surface area contributed by atoms with E-state index in [-0.39, 0.29) is 17.7 Å². The first-order valence-electron chi connectivity index (χ1n) is 8.98. The number of carbonyl (C=O) groups is 2. The minimum Gasteiger partial charge on any atom is -0.495 e. The summed E-state index contributed by atoms with van der Waals surface area (Å²) in [5.41, 5.74) is 2.32. The van der Waals surface area contributed by atoms with Crippen molar-refractivity contribution in [2.45, 2.75) is 19.8 Å². The first kappa shape index (κ1) is 19.2. The summed E-state index contributed by atoms with van der Waals surface area (Å²) >= 11 is 6.02. The number of hydrogen-bond acceptors (Lipinski definition) is 3. The molecule has 27 heavy (non-hydrogen) atoms. The van der Waals surface area contributed by atoms with Gasteiger partial charge in [0.15, 0.2) is 0 Å². The molecule has 0 spiro atoms. The maximum absolute atomic E-state index is 12.6. The fourth-order valence-electron chi connectivity index (χ4n) is 3.32. The van der Waals surface area contributed by atoms with E-state index in [0.29, 0.717) is 48.0 Å². The van der Waals surface area contributed by atoms with Crippen molar-refractivity contribution in [3.8, 4) is 5.75 Å². The van der Waals surface area contributed by atoms with Crippen LogP contribution in [0.25, 0.3) is 0 Å². The molecule has 5 nitrogen and oxygen atoms in total. The van der Waals surface area contributed by atoms with E-state index in [9.17, 15) is 9.59 Å². The monoisotopic (exact) mass is 386 g/mol. The molecule has 6 heteroatoms. The fourth-order valence-corrected chi connectivity index (χ4v) is 3.49. The number of amides is 2. The van der Waals surface area contributed by atoms with Crippen LogP contribution in [-0.4, -0.2) is 36.9 Å². The zero-order valence-electron chi connectivity index (χ0n) is 15.5. The highest BCUT2D eigenvalue weighted by Crippen LogP contribution is 2.29. The van der Waals surface area contributed by atoms with Gasteiger partial charge in [0.05, 0.1) is 12.8 Å². The third-order valence-corrected chi connectivity index (χ3v) is 5.07. The number of likely N-dealkylation sites (tertiary alicyclic amines) is 1. The van der Waals surface area contributed by atoms with Crippen molar-refractivity contribution in [1.82, 2.24) is 4.90 Å². The number of aryl methyl sites for hydroxylation is 1. The zero-order chi connectivity index (χ0) is 19.4. The van der Waals surface area contributed by atoms with Crippen molar-refractivity contribution in [3.05, 3.63) is 58.6 Å². The van der Waals surface area contributed by atoms with Gasteiger partial charge in [-0.1, -0.05) is 29.3 Å². The average molecular weight is 387 g/mol. The van der Waals surface area contributed by atoms with Crippen LogP contribution in [0.2, 0.25) is 5.02 Å². The topological polar surface area (TPSA) is 58.6 Å². The molecule has 1 N–H and O–H groups in total. The number of nitrogens with one attached hydrogen (secondary N) is 1. The summed E-state index contributed by atoms with van der Waals surface area (Å²) in [6, 6.07) is 12.7. The van der Waals surface area contributed by atoms with Crippen LogP contribution in [0.4, 0.5) is 5.69 Å². The molecule has 1 aliphatic rings. The third kappa shape index (κ3) is 4.61. The Morgan fingerprint density at radius 2 is 1.89 bits per heavy atom. The van der Waals surface area contributed by atoms with Gasteiger partial charge in [-0.25, -0.2) is 0 Å². The lowest BCUT2D eigenvalue weighted by molar-refractivity contribution is -0.121. The lowest BCUT2D eigenvalue weighted by atomic mass is 9.95. The molecule has 3 rings (SSSR count). The standard InChI is InChI=1S/C21H23ClN2O3/c1-14-4-3-5-16(12-14)21(26)24-10-8-15(9-11-24)20(25)23-18-13-17(22)6-7-19(18)27-2/h3-7,12-13,15H,8-11H2,1-2H3,(H,23,25). The van der Waals surface area contributed by atoms with E-state index in [1.807, 2.05) is 36.1 Å². The quantitative estimate of drug-likeness (QED) is 0.858. The Morgan fingerprint density at radius 3 is 2.56 bits per heavy atom. The molecule has 1 fully saturated rings. The van der Waals surface area contributed by atoms with Gasteiger partial charge in [0.1, 0.15) is 5.75 Å². The Morgan fingerprint density at radius 1 is 1.15 bits per heavy atom. The maximum Gasteiger partial charge on any atom is 0.253 e. The predicted octanol–water partition coefficient (Wildman–Crippen LogP) is 4.15. The van der Waals surface area contributed by atoms with Gasteiger partial charge >= 0.3 is 0 Å². The molecular formula is C21H23ClN2O3. The summed E-state index contributed by atoms with van der Waals surface area (Å²) in [5, 5.41) is 3.44. The van der Waals surface area contributed by atoms with Crippen molar-refractivity contribution in [2.24, 2.45) is 5.92 Å². The molecule has 2 aromatic carbocycles. The molecule has 2 aromatic rings. The summed E-state index contributed by atoms with van der Waals surface area (Å²) in [6.07, 6.45) is 1.26. The van der Waals surface area contributed by atoms with Gasteiger partial charge in [-0.2, -0.15) is 0 Å². The number of piperidine rings is 1. The average Bonchev–Trinajstić information content (AvgIpc) is 2.67. The predicted molar refractivity (Wildman–Crippen MR) is 106 cm³/mol. The van der Waals surface area contributed by atoms with Crippen LogP contribution in [0.1, 0.15) is 28.8 Å². The minimum atomic E-state index is -0.143. The summed E-state index contributed by atoms with van der Waals surface area (Å²) in [6.45, 7) is 3.10. The van der Waals surface area contributed by atoms with Crippen molar-refractivity contribution >= 4 is 29.1 Å². The number of ether oxygens (including phenoxy) is 1. The van der Waals surface area contributed by atoms with Gasteiger partial charge in [-0.3, -0.25) is 9.59 Å². The van der Waals surface area contributed by atoms with Crippen molar-refractivity contribution in [1.29, 1.82) is 0 Å². The molecule has 142 valence electrons. The van der Waals surface area contributed by atoms with Gasteiger partial charge in [0.2, 0.25) is 5.91 Å². The normalized spacial score (nSPS) is 14.7. The van der Waals surface area contributed by atoms with Crippen molar-refractivity contribution in [3.63, 3.8) is 0 Å². The van der Waals surface area contributed by atoms with E-state index in [2.05, 4.69) is 5.32 Å². The highest BCUT2D eigenvalue weighted by atomic mass is 35.5. The van der Waals surface area contributed by atoms with Crippen LogP contribution in [-0.2, 0) is 4.79 Å². The molecule has 0 saturated carbocycles. The zero-order valence-corrected chi connectivity index (χ0v) is 16.3. The lowest BCUT2D eigenvalue weighted by Gasteiger charge is -2.31. The summed E-state index contributed by atoms with van der Waals surface area (Å²) in [7, 11) is 1.55. The number of methoxy groups -OCH3 is 1. The second-order valence-electron chi connectivity index (χ2n) is 6.77. The Kier molecular flexibility index (Phi) is 6.01. The Hall–Kier alpha value is -2.53. The molecule has 2 amide bonds. The van der Waals surface area contributed by atoms with Crippen LogP contribution in [0, 0.1) is 12.8 Å². The second-order valence-corrected chi connectivity index (χ2v) is 7.21. The third-order valence-electron chi connectivity index (χ3n) is 4.84. The van der Waals surface area contributed by atoms with E-state index in [1.54, 1.807) is 25.3 Å². The van der Waals surface area contributed by atoms with Gasteiger partial charge in [0, 0.05) is 29.6 Å². The maximum atomic E-state index is 12.6. The summed E-state index contributed by atoms with van der Waals surface area (Å²) in [4.78, 5) is 27.1. The Bertz CT molecular complexity index is 845. The molecule has 1 heterocycles. The van der Waals surface area contributed by atoms with Crippen molar-refractivity contribution in [2.75, 3.05) is 25.5 Å². The molecule has 0 aromatic heterocycles. The number of carbonyl (C=O) groups excluding carboxylic acids is 2. The van der Waals surface area contributed by atoms with Crippen molar-refractivity contribution < 1.29 is 14.3 Å². The van der Waals surface area contributed by atoms with E-state index in [1.165, 1.54) is 0 Å². The number of anilines is 1. The number of benzene rings is 2. The molecule has 0 unspecified atom stereocenters. The number of rotatable bonds is 4. The SMILES string of the molecule is COc1ccc(Cl)cc1NC(=O)C1CCN(C(=O)c2cccc(C)c2)CC1. The number of hydrogen-bond donors (Lipinski definition) is 1. The van der Waals surface area contributed by atoms with E-state index >= 15 is 0 Å². The van der Waals surface area contributed by atoms with E-state index in [4.69, 9.17) is 16.3 Å². The van der Waals surface area contributed by atoms with Gasteiger partial charge in [-0.05, 0) is 50.1 Å². The number of nitrogens with zero attached hydrogens (tertiary/aromatic N) is 1. The van der Waals surface area contributed by atoms with Crippen LogP contribution >= 0.6 is 11.6 Å². The first-order chi connectivity index (χ1) is 13.0. The van der Waals surface area contributed by atoms with Gasteiger partial charge < -0.3 is 15.0 Å². The summed E-state index contributed by atoms with van der Waals surface area (Å²) in [5.74, 6) is 0.377. The van der Waals surface area contributed by atoms with E-state index < -0.39 is 0 Å². The molecular weight excluding hydrogens is 364 g/mol. The number of halogens is 1. The van der Waals surface area contributed by atoms with Crippen LogP contribution in [0.3, 0.4) is 0 Å². The smallest absolute Gasteiger partial charge is 0.253 e. The molecule has 0 bridgehead atoms. The van der Waals surface area contributed by atoms with Gasteiger partial charge in [-0.15, -0.1) is 0 Å². The molecule has 0 aliphatic carbocycles. The van der Waals surface area contributed by atoms with Crippen LogP contribution in [0.15, 0.2) is 42.5 Å². The largest absolute Gasteiger partial charge is 0.495 e. The molecule has 0 radical (unpaired) electrons. The molecule has 1 aliphatic heterocycles. The van der Waals surface area contributed by atoms with Crippen LogP contribution in [0.5, 0.6) is 5.75 Å². The highest BCUT2D eigenvalue weighted by Gasteiger charge is 2.28. The van der Waals surface area contributed by atoms with Gasteiger partial charge in [0.25, 0.3) is 5.91 Å². The Balaban J connectivity index is 1.60. The fraction of sp³-hybridized carbons (Fsp3) is 0.333. The molecule has 0 atom stereocenters. The second kappa shape index (κ2) is 8.44. The molecule has 1 saturated heterocycles. The Labute approximate surface area is 164 Å². The first-order valence-corrected chi connectivity index (χ1v) is 9.36.